The molecule has 2 rings (SSSR count). The Hall–Kier alpha value is -0.650. The van der Waals surface area contributed by atoms with Crippen LogP contribution in [0, 0.1) is 5.92 Å². The van der Waals surface area contributed by atoms with E-state index < -0.39 is 0 Å². The molecule has 2 heterocycles. The Morgan fingerprint density at radius 3 is 2.71 bits per heavy atom. The number of amides is 1. The lowest BCUT2D eigenvalue weighted by molar-refractivity contribution is -0.136. The fourth-order valence-corrected chi connectivity index (χ4v) is 2.44. The van der Waals surface area contributed by atoms with Gasteiger partial charge in [-0.05, 0) is 12.3 Å². The topological polar surface area (TPSA) is 55.8 Å². The summed E-state index contributed by atoms with van der Waals surface area (Å²) in [7, 11) is 0. The second-order valence-corrected chi connectivity index (χ2v) is 5.20. The van der Waals surface area contributed by atoms with E-state index >= 15 is 0 Å². The van der Waals surface area contributed by atoms with Crippen molar-refractivity contribution in [3.63, 3.8) is 0 Å². The van der Waals surface area contributed by atoms with E-state index in [4.69, 9.17) is 0 Å². The van der Waals surface area contributed by atoms with Crippen molar-refractivity contribution in [2.75, 3.05) is 45.8 Å². The van der Waals surface area contributed by atoms with Gasteiger partial charge in [-0.3, -0.25) is 9.69 Å². The molecule has 5 nitrogen and oxygen atoms in total. The molecule has 2 N–H and O–H groups in total. The molecule has 2 aliphatic heterocycles. The van der Waals surface area contributed by atoms with Crippen LogP contribution in [-0.2, 0) is 4.79 Å². The summed E-state index contributed by atoms with van der Waals surface area (Å²) in [5.41, 5.74) is 0. The largest absolute Gasteiger partial charge is 0.391 e. The Morgan fingerprint density at radius 2 is 2.06 bits per heavy atom. The van der Waals surface area contributed by atoms with Crippen LogP contribution in [0.2, 0.25) is 0 Å². The predicted molar refractivity (Wildman–Crippen MR) is 65.7 cm³/mol. The monoisotopic (exact) mass is 241 g/mol. The summed E-state index contributed by atoms with van der Waals surface area (Å²) in [6, 6.07) is 0. The van der Waals surface area contributed by atoms with Crippen LogP contribution in [0.5, 0.6) is 0 Å². The quantitative estimate of drug-likeness (QED) is 0.659. The molecule has 2 aliphatic rings. The molecule has 0 aromatic carbocycles. The lowest BCUT2D eigenvalue weighted by atomic mass is 9.96. The van der Waals surface area contributed by atoms with Crippen LogP contribution in [0.15, 0.2) is 0 Å². The van der Waals surface area contributed by atoms with Crippen LogP contribution < -0.4 is 5.32 Å². The Kier molecular flexibility index (Phi) is 4.36. The zero-order valence-corrected chi connectivity index (χ0v) is 10.6. The number of nitrogens with zero attached hydrogens (tertiary/aromatic N) is 2. The first-order chi connectivity index (χ1) is 8.16. The van der Waals surface area contributed by atoms with Crippen molar-refractivity contribution >= 4 is 5.91 Å². The Balaban J connectivity index is 1.79. The van der Waals surface area contributed by atoms with Crippen molar-refractivity contribution in [1.29, 1.82) is 0 Å². The molecule has 0 bridgehead atoms. The van der Waals surface area contributed by atoms with Gasteiger partial charge >= 0.3 is 0 Å². The number of β-amino-alcohol motifs (C(OH)–C–C–N with tert-alkyl or cyclic N) is 1. The van der Waals surface area contributed by atoms with Gasteiger partial charge in [-0.2, -0.15) is 0 Å². The minimum Gasteiger partial charge on any atom is -0.391 e. The zero-order chi connectivity index (χ0) is 12.3. The number of aliphatic hydroxyl groups excluding tert-OH is 1. The summed E-state index contributed by atoms with van der Waals surface area (Å²) in [5.74, 6) is 0.482. The minimum atomic E-state index is -0.351. The first-order valence-electron chi connectivity index (χ1n) is 6.55. The van der Waals surface area contributed by atoms with Crippen LogP contribution in [0.25, 0.3) is 0 Å². The number of nitrogens with one attached hydrogen (secondary N) is 1. The normalized spacial score (nSPS) is 31.5. The van der Waals surface area contributed by atoms with Gasteiger partial charge in [0.1, 0.15) is 0 Å². The van der Waals surface area contributed by atoms with E-state index in [1.807, 2.05) is 11.8 Å². The molecular weight excluding hydrogens is 218 g/mol. The highest BCUT2D eigenvalue weighted by Gasteiger charge is 2.28. The lowest BCUT2D eigenvalue weighted by Gasteiger charge is -2.36. The van der Waals surface area contributed by atoms with Crippen molar-refractivity contribution in [3.05, 3.63) is 0 Å². The minimum absolute atomic E-state index is 0.165. The predicted octanol–water partition coefficient (Wildman–Crippen LogP) is -0.879. The summed E-state index contributed by atoms with van der Waals surface area (Å²) in [6.07, 6.45) is 0.560. The standard InChI is InChI=1S/C12H23N3O2/c1-10-2-5-15(8-11(10)16)12(17)9-14-6-3-13-4-7-14/h10-11,13,16H,2-9H2,1H3. The third-order valence-electron chi connectivity index (χ3n) is 3.84. The molecule has 2 saturated heterocycles. The highest BCUT2D eigenvalue weighted by molar-refractivity contribution is 5.78. The van der Waals surface area contributed by atoms with Gasteiger partial charge in [-0.15, -0.1) is 0 Å². The molecule has 2 fully saturated rings. The number of hydrogen-bond acceptors (Lipinski definition) is 4. The molecule has 2 atom stereocenters. The van der Waals surface area contributed by atoms with Gasteiger partial charge in [0.05, 0.1) is 12.6 Å². The van der Waals surface area contributed by atoms with Gasteiger partial charge in [0, 0.05) is 39.3 Å². The van der Waals surface area contributed by atoms with E-state index in [-0.39, 0.29) is 12.0 Å². The zero-order valence-electron chi connectivity index (χ0n) is 10.6. The first-order valence-corrected chi connectivity index (χ1v) is 6.55. The van der Waals surface area contributed by atoms with Gasteiger partial charge in [0.25, 0.3) is 0 Å². The molecule has 2 unspecified atom stereocenters. The third kappa shape index (κ3) is 3.40. The van der Waals surface area contributed by atoms with E-state index in [0.717, 1.165) is 39.1 Å². The molecule has 0 saturated carbocycles. The maximum Gasteiger partial charge on any atom is 0.236 e. The van der Waals surface area contributed by atoms with E-state index in [2.05, 4.69) is 10.2 Å². The van der Waals surface area contributed by atoms with E-state index in [9.17, 15) is 9.90 Å². The molecule has 1 amide bonds. The van der Waals surface area contributed by atoms with Crippen LogP contribution in [-0.4, -0.2) is 72.7 Å². The lowest BCUT2D eigenvalue weighted by Crippen LogP contribution is -2.52. The number of carbonyl (C=O) groups excluding carboxylic acids is 1. The maximum atomic E-state index is 12.1. The van der Waals surface area contributed by atoms with Gasteiger partial charge < -0.3 is 15.3 Å². The smallest absolute Gasteiger partial charge is 0.236 e. The number of rotatable bonds is 2. The molecule has 0 aliphatic carbocycles. The van der Waals surface area contributed by atoms with Crippen molar-refractivity contribution in [3.8, 4) is 0 Å². The SMILES string of the molecule is CC1CCN(C(=O)CN2CCNCC2)CC1O. The summed E-state index contributed by atoms with van der Waals surface area (Å²) in [6.45, 7) is 7.66. The fraction of sp³-hybridized carbons (Fsp3) is 0.917. The molecular formula is C12H23N3O2. The van der Waals surface area contributed by atoms with Gasteiger partial charge in [-0.25, -0.2) is 0 Å². The van der Waals surface area contributed by atoms with Crippen molar-refractivity contribution in [2.45, 2.75) is 19.4 Å². The number of piperazine rings is 1. The molecule has 5 heteroatoms. The van der Waals surface area contributed by atoms with E-state index in [1.54, 1.807) is 0 Å². The highest BCUT2D eigenvalue weighted by atomic mass is 16.3. The molecule has 98 valence electrons. The maximum absolute atomic E-state index is 12.1. The summed E-state index contributed by atoms with van der Waals surface area (Å²) >= 11 is 0. The Bertz CT molecular complexity index is 266. The third-order valence-corrected chi connectivity index (χ3v) is 3.84. The average Bonchev–Trinajstić information content (AvgIpc) is 2.34. The molecule has 0 aromatic heterocycles. The average molecular weight is 241 g/mol. The Morgan fingerprint density at radius 1 is 1.35 bits per heavy atom. The fourth-order valence-electron chi connectivity index (χ4n) is 2.44. The van der Waals surface area contributed by atoms with E-state index in [1.165, 1.54) is 0 Å². The van der Waals surface area contributed by atoms with Crippen LogP contribution in [0.1, 0.15) is 13.3 Å². The number of carbonyl (C=O) groups is 1. The summed E-state index contributed by atoms with van der Waals surface area (Å²) in [4.78, 5) is 16.1. The molecule has 0 aromatic rings. The number of likely N-dealkylation sites (tertiary alicyclic amines) is 1. The first kappa shape index (κ1) is 12.8. The summed E-state index contributed by atoms with van der Waals surface area (Å²) in [5, 5.41) is 13.1. The summed E-state index contributed by atoms with van der Waals surface area (Å²) < 4.78 is 0. The number of aliphatic hydroxyl groups is 1. The molecule has 0 spiro atoms. The highest BCUT2D eigenvalue weighted by Crippen LogP contribution is 2.17. The molecule has 17 heavy (non-hydrogen) atoms. The van der Waals surface area contributed by atoms with Crippen LogP contribution in [0.3, 0.4) is 0 Å². The van der Waals surface area contributed by atoms with Crippen LogP contribution in [0.4, 0.5) is 0 Å². The van der Waals surface area contributed by atoms with Crippen molar-refractivity contribution in [1.82, 2.24) is 15.1 Å². The van der Waals surface area contributed by atoms with Crippen LogP contribution >= 0.6 is 0 Å². The van der Waals surface area contributed by atoms with E-state index in [0.29, 0.717) is 19.0 Å². The van der Waals surface area contributed by atoms with Gasteiger partial charge in [0.2, 0.25) is 5.91 Å². The second-order valence-electron chi connectivity index (χ2n) is 5.20. The van der Waals surface area contributed by atoms with Gasteiger partial charge in [0.15, 0.2) is 0 Å². The second kappa shape index (κ2) is 5.80. The molecule has 0 radical (unpaired) electrons. The van der Waals surface area contributed by atoms with Crippen molar-refractivity contribution < 1.29 is 9.90 Å². The van der Waals surface area contributed by atoms with Crippen molar-refractivity contribution in [2.24, 2.45) is 5.92 Å². The number of piperidine rings is 1. The Labute approximate surface area is 103 Å². The van der Waals surface area contributed by atoms with Gasteiger partial charge in [-0.1, -0.05) is 6.92 Å². The number of hydrogen-bond donors (Lipinski definition) is 2.